The molecule has 0 aromatic carbocycles. The molecule has 0 heterocycles. The van der Waals surface area contributed by atoms with Gasteiger partial charge in [-0.05, 0) is 12.0 Å². The number of aliphatic hydroxyl groups excluding tert-OH is 1. The van der Waals surface area contributed by atoms with Gasteiger partial charge in [-0.3, -0.25) is 0 Å². The monoisotopic (exact) mass is 142 g/mol. The maximum absolute atomic E-state index is 8.52. The van der Waals surface area contributed by atoms with Crippen LogP contribution in [-0.4, -0.2) is 11.7 Å². The Bertz CT molecular complexity index is 92.9. The van der Waals surface area contributed by atoms with Crippen LogP contribution in [-0.2, 0) is 0 Å². The minimum Gasteiger partial charge on any atom is -0.392 e. The third kappa shape index (κ3) is 7.44. The van der Waals surface area contributed by atoms with Crippen LogP contribution in [0, 0.1) is 0 Å². The van der Waals surface area contributed by atoms with E-state index in [4.69, 9.17) is 5.11 Å². The summed E-state index contributed by atoms with van der Waals surface area (Å²) < 4.78 is 0. The van der Waals surface area contributed by atoms with Gasteiger partial charge in [0.2, 0.25) is 0 Å². The predicted molar refractivity (Wildman–Crippen MR) is 47.0 cm³/mol. The van der Waals surface area contributed by atoms with E-state index in [2.05, 4.69) is 6.58 Å². The van der Waals surface area contributed by atoms with Crippen molar-refractivity contribution >= 4 is 0 Å². The van der Waals surface area contributed by atoms with Gasteiger partial charge in [-0.1, -0.05) is 39.5 Å². The van der Waals surface area contributed by atoms with E-state index in [1.54, 1.807) is 6.08 Å². The van der Waals surface area contributed by atoms with Crippen LogP contribution in [0.2, 0.25) is 0 Å². The van der Waals surface area contributed by atoms with Crippen LogP contribution in [0.15, 0.2) is 24.3 Å². The molecule has 0 bridgehead atoms. The molecule has 0 atom stereocenters. The van der Waals surface area contributed by atoms with Crippen molar-refractivity contribution in [2.75, 3.05) is 6.61 Å². The summed E-state index contributed by atoms with van der Waals surface area (Å²) in [7, 11) is 0. The summed E-state index contributed by atoms with van der Waals surface area (Å²) in [6.45, 7) is 9.66. The van der Waals surface area contributed by atoms with Crippen molar-refractivity contribution in [3.63, 3.8) is 0 Å². The van der Waals surface area contributed by atoms with E-state index in [1.807, 2.05) is 26.8 Å². The summed E-state index contributed by atoms with van der Waals surface area (Å²) in [5.74, 6) is 0. The summed E-state index contributed by atoms with van der Waals surface area (Å²) in [5.41, 5.74) is 0.910. The second kappa shape index (κ2) is 11.3. The fourth-order valence-electron chi connectivity index (χ4n) is 0.475. The lowest BCUT2D eigenvalue weighted by molar-refractivity contribution is 0.334. The topological polar surface area (TPSA) is 20.2 Å². The fraction of sp³-hybridized carbons (Fsp3) is 0.556. The number of hydrogen-bond acceptors (Lipinski definition) is 1. The summed E-state index contributed by atoms with van der Waals surface area (Å²) >= 11 is 0. The highest BCUT2D eigenvalue weighted by molar-refractivity contribution is 5.15. The molecule has 0 saturated heterocycles. The van der Waals surface area contributed by atoms with Crippen molar-refractivity contribution in [3.8, 4) is 0 Å². The molecule has 0 aromatic heterocycles. The van der Waals surface area contributed by atoms with Crippen LogP contribution in [0.5, 0.6) is 0 Å². The van der Waals surface area contributed by atoms with Crippen LogP contribution in [0.25, 0.3) is 0 Å². The van der Waals surface area contributed by atoms with Gasteiger partial charge in [0.1, 0.15) is 0 Å². The van der Waals surface area contributed by atoms with E-state index < -0.39 is 0 Å². The van der Waals surface area contributed by atoms with Crippen molar-refractivity contribution < 1.29 is 5.11 Å². The van der Waals surface area contributed by atoms with Gasteiger partial charge in [0.25, 0.3) is 0 Å². The number of hydrogen-bond donors (Lipinski definition) is 1. The highest BCUT2D eigenvalue weighted by Gasteiger charge is 1.81. The van der Waals surface area contributed by atoms with Crippen LogP contribution < -0.4 is 0 Å². The van der Waals surface area contributed by atoms with Crippen LogP contribution >= 0.6 is 0 Å². The van der Waals surface area contributed by atoms with Gasteiger partial charge in [-0.2, -0.15) is 0 Å². The molecular weight excluding hydrogens is 124 g/mol. The maximum atomic E-state index is 8.52. The SMILES string of the molecule is C=C/C(=C\CC)CO.CC. The van der Waals surface area contributed by atoms with Gasteiger partial charge in [-0.15, -0.1) is 0 Å². The molecule has 0 aliphatic carbocycles. The van der Waals surface area contributed by atoms with E-state index in [0.717, 1.165) is 12.0 Å². The molecule has 0 aliphatic rings. The standard InChI is InChI=1S/C7H12O.C2H6/c1-3-5-7(4-2)6-8;1-2/h4-5,8H,2-3,6H2,1H3;1-2H3/b7-5+;. The summed E-state index contributed by atoms with van der Waals surface area (Å²) in [6.07, 6.45) is 4.58. The van der Waals surface area contributed by atoms with Crippen LogP contribution in [0.1, 0.15) is 27.2 Å². The quantitative estimate of drug-likeness (QED) is 0.600. The molecule has 0 rings (SSSR count). The highest BCUT2D eigenvalue weighted by atomic mass is 16.3. The highest BCUT2D eigenvalue weighted by Crippen LogP contribution is 1.94. The van der Waals surface area contributed by atoms with Crippen molar-refractivity contribution in [3.05, 3.63) is 24.3 Å². The number of rotatable bonds is 3. The van der Waals surface area contributed by atoms with E-state index in [9.17, 15) is 0 Å². The Morgan fingerprint density at radius 3 is 2.10 bits per heavy atom. The molecule has 1 heteroatoms. The third-order valence-electron chi connectivity index (χ3n) is 0.911. The first-order valence-corrected chi connectivity index (χ1v) is 3.77. The van der Waals surface area contributed by atoms with E-state index >= 15 is 0 Å². The molecule has 10 heavy (non-hydrogen) atoms. The predicted octanol–water partition coefficient (Wildman–Crippen LogP) is 2.53. The third-order valence-corrected chi connectivity index (χ3v) is 0.911. The summed E-state index contributed by atoms with van der Waals surface area (Å²) in [4.78, 5) is 0. The first-order valence-electron chi connectivity index (χ1n) is 3.77. The van der Waals surface area contributed by atoms with Gasteiger partial charge in [0.15, 0.2) is 0 Å². The van der Waals surface area contributed by atoms with Gasteiger partial charge >= 0.3 is 0 Å². The first-order chi connectivity index (χ1) is 4.85. The molecule has 0 radical (unpaired) electrons. The zero-order valence-corrected chi connectivity index (χ0v) is 7.22. The minimum atomic E-state index is 0.108. The van der Waals surface area contributed by atoms with Gasteiger partial charge in [-0.25, -0.2) is 0 Å². The molecule has 0 saturated carbocycles. The second-order valence-corrected chi connectivity index (χ2v) is 1.55. The molecule has 0 fully saturated rings. The Morgan fingerprint density at radius 2 is 2.00 bits per heavy atom. The Morgan fingerprint density at radius 1 is 1.50 bits per heavy atom. The Kier molecular flexibility index (Phi) is 13.7. The Labute approximate surface area is 64.1 Å². The average Bonchev–Trinajstić information content (AvgIpc) is 2.04. The lowest BCUT2D eigenvalue weighted by Gasteiger charge is -1.90. The van der Waals surface area contributed by atoms with Crippen molar-refractivity contribution in [1.29, 1.82) is 0 Å². The largest absolute Gasteiger partial charge is 0.392 e. The smallest absolute Gasteiger partial charge is 0.0678 e. The normalized spacial score (nSPS) is 9.80. The molecule has 1 nitrogen and oxygen atoms in total. The van der Waals surface area contributed by atoms with Crippen LogP contribution in [0.4, 0.5) is 0 Å². The zero-order chi connectivity index (χ0) is 8.41. The molecular formula is C9H18O. The van der Waals surface area contributed by atoms with Gasteiger partial charge < -0.3 is 5.11 Å². The first kappa shape index (κ1) is 12.1. The molecule has 1 N–H and O–H groups in total. The van der Waals surface area contributed by atoms with Gasteiger partial charge in [0, 0.05) is 0 Å². The molecule has 0 spiro atoms. The van der Waals surface area contributed by atoms with Gasteiger partial charge in [0.05, 0.1) is 6.61 Å². The molecule has 60 valence electrons. The van der Waals surface area contributed by atoms with Crippen molar-refractivity contribution in [2.24, 2.45) is 0 Å². The van der Waals surface area contributed by atoms with E-state index in [-0.39, 0.29) is 6.61 Å². The summed E-state index contributed by atoms with van der Waals surface area (Å²) in [5, 5.41) is 8.52. The van der Waals surface area contributed by atoms with Crippen molar-refractivity contribution in [2.45, 2.75) is 27.2 Å². The Hall–Kier alpha value is -0.560. The minimum absolute atomic E-state index is 0.108. The van der Waals surface area contributed by atoms with E-state index in [1.165, 1.54) is 0 Å². The summed E-state index contributed by atoms with van der Waals surface area (Å²) in [6, 6.07) is 0. The lowest BCUT2D eigenvalue weighted by atomic mass is 10.2. The molecule has 0 aromatic rings. The molecule has 0 aliphatic heterocycles. The lowest BCUT2D eigenvalue weighted by Crippen LogP contribution is -1.83. The van der Waals surface area contributed by atoms with Crippen molar-refractivity contribution in [1.82, 2.24) is 0 Å². The molecule has 0 amide bonds. The number of allylic oxidation sites excluding steroid dienone is 1. The zero-order valence-electron chi connectivity index (χ0n) is 7.22. The van der Waals surface area contributed by atoms with Crippen LogP contribution in [0.3, 0.4) is 0 Å². The fourth-order valence-corrected chi connectivity index (χ4v) is 0.475. The molecule has 0 unspecified atom stereocenters. The Balaban J connectivity index is 0. The maximum Gasteiger partial charge on any atom is 0.0678 e. The average molecular weight is 142 g/mol. The second-order valence-electron chi connectivity index (χ2n) is 1.55. The van der Waals surface area contributed by atoms with E-state index in [0.29, 0.717) is 0 Å². The number of aliphatic hydroxyl groups is 1.